The van der Waals surface area contributed by atoms with Crippen molar-refractivity contribution in [2.45, 2.75) is 19.9 Å². The van der Waals surface area contributed by atoms with Crippen LogP contribution in [0.25, 0.3) is 0 Å². The number of hydrogen-bond acceptors (Lipinski definition) is 2. The maximum atomic E-state index is 6.17. The van der Waals surface area contributed by atoms with E-state index in [2.05, 4.69) is 35.2 Å². The van der Waals surface area contributed by atoms with Crippen LogP contribution < -0.4 is 11.3 Å². The average molecular weight is 278 g/mol. The van der Waals surface area contributed by atoms with E-state index in [1.54, 1.807) is 0 Å². The molecule has 0 aromatic heterocycles. The molecular formula is C10H14BrClN2. The van der Waals surface area contributed by atoms with Gasteiger partial charge in [0.1, 0.15) is 0 Å². The van der Waals surface area contributed by atoms with Gasteiger partial charge < -0.3 is 0 Å². The third-order valence-electron chi connectivity index (χ3n) is 2.16. The molecule has 1 atom stereocenters. The van der Waals surface area contributed by atoms with Gasteiger partial charge in [-0.05, 0) is 33.5 Å². The van der Waals surface area contributed by atoms with Crippen molar-refractivity contribution in [1.29, 1.82) is 0 Å². The SMILES string of the molecule is CC(C)C(NN)c1cccc(Br)c1Cl. The predicted molar refractivity (Wildman–Crippen MR) is 64.1 cm³/mol. The first-order chi connectivity index (χ1) is 6.57. The van der Waals surface area contributed by atoms with Crippen LogP contribution >= 0.6 is 27.5 Å². The van der Waals surface area contributed by atoms with Gasteiger partial charge in [0.15, 0.2) is 0 Å². The molecule has 0 spiro atoms. The Morgan fingerprint density at radius 2 is 2.07 bits per heavy atom. The van der Waals surface area contributed by atoms with Crippen LogP contribution in [0.1, 0.15) is 25.5 Å². The quantitative estimate of drug-likeness (QED) is 0.657. The first-order valence-corrected chi connectivity index (χ1v) is 5.65. The molecule has 1 aromatic carbocycles. The maximum Gasteiger partial charge on any atom is 0.0596 e. The highest BCUT2D eigenvalue weighted by Gasteiger charge is 2.17. The topological polar surface area (TPSA) is 38.0 Å². The number of nitrogens with one attached hydrogen (secondary N) is 1. The number of rotatable bonds is 3. The Labute approximate surface area is 97.9 Å². The minimum Gasteiger partial charge on any atom is -0.271 e. The van der Waals surface area contributed by atoms with Crippen LogP contribution in [0.2, 0.25) is 5.02 Å². The Kier molecular flexibility index (Phi) is 4.38. The van der Waals surface area contributed by atoms with Gasteiger partial charge in [0.25, 0.3) is 0 Å². The van der Waals surface area contributed by atoms with E-state index in [1.807, 2.05) is 18.2 Å². The summed E-state index contributed by atoms with van der Waals surface area (Å²) in [5, 5.41) is 0.726. The summed E-state index contributed by atoms with van der Waals surface area (Å²) in [4.78, 5) is 0. The van der Waals surface area contributed by atoms with Crippen LogP contribution in [-0.2, 0) is 0 Å². The zero-order valence-electron chi connectivity index (χ0n) is 8.22. The second kappa shape index (κ2) is 5.12. The fourth-order valence-electron chi connectivity index (χ4n) is 1.40. The Bertz CT molecular complexity index is 315. The van der Waals surface area contributed by atoms with E-state index in [-0.39, 0.29) is 6.04 Å². The van der Waals surface area contributed by atoms with E-state index in [4.69, 9.17) is 17.4 Å². The lowest BCUT2D eigenvalue weighted by atomic mass is 9.97. The number of hydrogen-bond donors (Lipinski definition) is 2. The molecule has 0 heterocycles. The molecule has 0 aliphatic rings. The lowest BCUT2D eigenvalue weighted by molar-refractivity contribution is 0.421. The average Bonchev–Trinajstić information content (AvgIpc) is 2.13. The summed E-state index contributed by atoms with van der Waals surface area (Å²) in [6, 6.07) is 5.94. The molecule has 0 fully saturated rings. The fraction of sp³-hybridized carbons (Fsp3) is 0.400. The lowest BCUT2D eigenvalue weighted by Gasteiger charge is -2.21. The van der Waals surface area contributed by atoms with Gasteiger partial charge in [0, 0.05) is 10.5 Å². The smallest absolute Gasteiger partial charge is 0.0596 e. The molecule has 1 aromatic rings. The van der Waals surface area contributed by atoms with Gasteiger partial charge in [0.2, 0.25) is 0 Å². The molecule has 1 rings (SSSR count). The van der Waals surface area contributed by atoms with Crippen molar-refractivity contribution in [3.8, 4) is 0 Å². The van der Waals surface area contributed by atoms with Gasteiger partial charge in [-0.25, -0.2) is 0 Å². The molecule has 78 valence electrons. The second-order valence-corrected chi connectivity index (χ2v) is 4.76. The van der Waals surface area contributed by atoms with E-state index in [1.165, 1.54) is 0 Å². The van der Waals surface area contributed by atoms with Crippen molar-refractivity contribution in [3.63, 3.8) is 0 Å². The van der Waals surface area contributed by atoms with Crippen molar-refractivity contribution in [3.05, 3.63) is 33.3 Å². The Hall–Kier alpha value is -0.0900. The van der Waals surface area contributed by atoms with Gasteiger partial charge in [-0.1, -0.05) is 37.6 Å². The predicted octanol–water partition coefficient (Wildman–Crippen LogP) is 3.26. The molecule has 2 nitrogen and oxygen atoms in total. The third kappa shape index (κ3) is 2.48. The van der Waals surface area contributed by atoms with Crippen LogP contribution in [0.5, 0.6) is 0 Å². The molecule has 0 radical (unpaired) electrons. The Morgan fingerprint density at radius 1 is 1.43 bits per heavy atom. The van der Waals surface area contributed by atoms with Crippen LogP contribution in [-0.4, -0.2) is 0 Å². The summed E-state index contributed by atoms with van der Waals surface area (Å²) in [6.07, 6.45) is 0. The van der Waals surface area contributed by atoms with Crippen molar-refractivity contribution < 1.29 is 0 Å². The van der Waals surface area contributed by atoms with E-state index in [9.17, 15) is 0 Å². The summed E-state index contributed by atoms with van der Waals surface area (Å²) in [7, 11) is 0. The molecule has 0 saturated heterocycles. The van der Waals surface area contributed by atoms with E-state index in [0.717, 1.165) is 15.1 Å². The molecule has 4 heteroatoms. The van der Waals surface area contributed by atoms with Crippen LogP contribution in [0.3, 0.4) is 0 Å². The lowest BCUT2D eigenvalue weighted by Crippen LogP contribution is -2.31. The second-order valence-electron chi connectivity index (χ2n) is 3.53. The molecule has 14 heavy (non-hydrogen) atoms. The summed E-state index contributed by atoms with van der Waals surface area (Å²) in [5.74, 6) is 5.90. The van der Waals surface area contributed by atoms with Crippen molar-refractivity contribution in [2.24, 2.45) is 11.8 Å². The van der Waals surface area contributed by atoms with Crippen molar-refractivity contribution >= 4 is 27.5 Å². The summed E-state index contributed by atoms with van der Waals surface area (Å²) < 4.78 is 0.901. The van der Waals surface area contributed by atoms with Crippen molar-refractivity contribution in [2.75, 3.05) is 0 Å². The Morgan fingerprint density at radius 3 is 2.57 bits per heavy atom. The molecule has 0 bridgehead atoms. The molecule has 1 unspecified atom stereocenters. The highest BCUT2D eigenvalue weighted by atomic mass is 79.9. The standard InChI is InChI=1S/C10H14BrClN2/c1-6(2)10(14-13)7-4-3-5-8(11)9(7)12/h3-6,10,14H,13H2,1-2H3. The fourth-order valence-corrected chi connectivity index (χ4v) is 2.03. The number of hydrazine groups is 1. The first kappa shape index (κ1) is 12.0. The first-order valence-electron chi connectivity index (χ1n) is 4.48. The molecule has 0 aliphatic heterocycles. The van der Waals surface area contributed by atoms with Crippen LogP contribution in [0, 0.1) is 5.92 Å². The zero-order chi connectivity index (χ0) is 10.7. The minimum atomic E-state index is 0.0833. The van der Waals surface area contributed by atoms with Crippen LogP contribution in [0.15, 0.2) is 22.7 Å². The number of nitrogens with two attached hydrogens (primary N) is 1. The van der Waals surface area contributed by atoms with Gasteiger partial charge in [0.05, 0.1) is 5.02 Å². The summed E-state index contributed by atoms with van der Waals surface area (Å²) in [5.41, 5.74) is 3.81. The normalized spacial score (nSPS) is 13.3. The largest absolute Gasteiger partial charge is 0.271 e. The maximum absolute atomic E-state index is 6.17. The van der Waals surface area contributed by atoms with E-state index >= 15 is 0 Å². The highest BCUT2D eigenvalue weighted by Crippen LogP contribution is 2.32. The van der Waals surface area contributed by atoms with Gasteiger partial charge in [-0.3, -0.25) is 11.3 Å². The van der Waals surface area contributed by atoms with E-state index < -0.39 is 0 Å². The molecule has 3 N–H and O–H groups in total. The molecule has 0 amide bonds. The number of benzene rings is 1. The highest BCUT2D eigenvalue weighted by molar-refractivity contribution is 9.10. The van der Waals surface area contributed by atoms with Gasteiger partial charge in [-0.15, -0.1) is 0 Å². The Balaban J connectivity index is 3.10. The number of halogens is 2. The minimum absolute atomic E-state index is 0.0833. The van der Waals surface area contributed by atoms with Gasteiger partial charge in [-0.2, -0.15) is 0 Å². The molecule has 0 aliphatic carbocycles. The third-order valence-corrected chi connectivity index (χ3v) is 3.47. The van der Waals surface area contributed by atoms with E-state index in [0.29, 0.717) is 5.92 Å². The summed E-state index contributed by atoms with van der Waals surface area (Å²) >= 11 is 9.56. The summed E-state index contributed by atoms with van der Waals surface area (Å²) in [6.45, 7) is 4.20. The molecular weight excluding hydrogens is 263 g/mol. The van der Waals surface area contributed by atoms with Gasteiger partial charge >= 0.3 is 0 Å². The molecule has 0 saturated carbocycles. The van der Waals surface area contributed by atoms with Crippen LogP contribution in [0.4, 0.5) is 0 Å². The van der Waals surface area contributed by atoms with Crippen molar-refractivity contribution in [1.82, 2.24) is 5.43 Å². The monoisotopic (exact) mass is 276 g/mol. The zero-order valence-corrected chi connectivity index (χ0v) is 10.6.